The standard InChI is InChI=1S/C12H10Br2/c13-8-12(14)11-7-3-5-9-4-1-2-6-10(9)11/h1-7,12H,8H2/t12-/m0/s1. The van der Waals surface area contributed by atoms with Crippen LogP contribution in [0.15, 0.2) is 42.5 Å². The van der Waals surface area contributed by atoms with Crippen molar-refractivity contribution < 1.29 is 0 Å². The maximum Gasteiger partial charge on any atom is 0.0498 e. The highest BCUT2D eigenvalue weighted by atomic mass is 79.9. The third kappa shape index (κ3) is 1.86. The van der Waals surface area contributed by atoms with Crippen molar-refractivity contribution in [1.29, 1.82) is 0 Å². The topological polar surface area (TPSA) is 0 Å². The highest BCUT2D eigenvalue weighted by molar-refractivity contribution is 9.12. The lowest BCUT2D eigenvalue weighted by atomic mass is 10.0. The second-order valence-electron chi connectivity index (χ2n) is 3.19. The monoisotopic (exact) mass is 312 g/mol. The van der Waals surface area contributed by atoms with Crippen molar-refractivity contribution in [3.05, 3.63) is 48.0 Å². The van der Waals surface area contributed by atoms with Gasteiger partial charge >= 0.3 is 0 Å². The molecule has 0 aliphatic carbocycles. The molecule has 0 radical (unpaired) electrons. The van der Waals surface area contributed by atoms with Crippen molar-refractivity contribution in [2.24, 2.45) is 0 Å². The summed E-state index contributed by atoms with van der Waals surface area (Å²) in [5.74, 6) is 0. The molecule has 0 unspecified atom stereocenters. The minimum atomic E-state index is 0.383. The third-order valence-electron chi connectivity index (χ3n) is 2.30. The van der Waals surface area contributed by atoms with Crippen LogP contribution in [0, 0.1) is 0 Å². The number of rotatable bonds is 2. The molecule has 0 saturated heterocycles. The molecule has 0 saturated carbocycles. The molecule has 72 valence electrons. The van der Waals surface area contributed by atoms with Crippen molar-refractivity contribution in [3.8, 4) is 0 Å². The van der Waals surface area contributed by atoms with E-state index in [4.69, 9.17) is 0 Å². The molecule has 0 aromatic heterocycles. The first kappa shape index (κ1) is 10.2. The Morgan fingerprint density at radius 3 is 2.50 bits per heavy atom. The third-order valence-corrected chi connectivity index (χ3v) is 4.63. The minimum Gasteiger partial charge on any atom is -0.0912 e. The molecule has 2 rings (SSSR count). The van der Waals surface area contributed by atoms with Crippen molar-refractivity contribution in [2.75, 3.05) is 5.33 Å². The van der Waals surface area contributed by atoms with E-state index in [1.54, 1.807) is 0 Å². The van der Waals surface area contributed by atoms with E-state index in [-0.39, 0.29) is 0 Å². The molecule has 14 heavy (non-hydrogen) atoms. The summed E-state index contributed by atoms with van der Waals surface area (Å²) in [6, 6.07) is 14.9. The summed E-state index contributed by atoms with van der Waals surface area (Å²) in [6.45, 7) is 0. The second kappa shape index (κ2) is 4.45. The van der Waals surface area contributed by atoms with Gasteiger partial charge in [0.2, 0.25) is 0 Å². The first-order chi connectivity index (χ1) is 6.83. The van der Waals surface area contributed by atoms with Crippen LogP contribution in [0.4, 0.5) is 0 Å². The Labute approximate surface area is 101 Å². The molecule has 2 aromatic carbocycles. The fraction of sp³-hybridized carbons (Fsp3) is 0.167. The molecule has 0 heterocycles. The van der Waals surface area contributed by atoms with Gasteiger partial charge in [0.25, 0.3) is 0 Å². The van der Waals surface area contributed by atoms with E-state index in [0.717, 1.165) is 5.33 Å². The summed E-state index contributed by atoms with van der Waals surface area (Å²) in [5, 5.41) is 3.56. The van der Waals surface area contributed by atoms with Gasteiger partial charge in [-0.25, -0.2) is 0 Å². The average Bonchev–Trinajstić information content (AvgIpc) is 2.27. The molecule has 0 aliphatic rings. The molecule has 0 spiro atoms. The number of alkyl halides is 2. The van der Waals surface area contributed by atoms with Gasteiger partial charge in [-0.1, -0.05) is 74.3 Å². The molecule has 0 N–H and O–H groups in total. The number of halogens is 2. The average molecular weight is 314 g/mol. The lowest BCUT2D eigenvalue weighted by Gasteiger charge is -2.09. The van der Waals surface area contributed by atoms with Gasteiger partial charge in [-0.3, -0.25) is 0 Å². The van der Waals surface area contributed by atoms with Gasteiger partial charge in [0.1, 0.15) is 0 Å². The van der Waals surface area contributed by atoms with Gasteiger partial charge in [-0.2, -0.15) is 0 Å². The van der Waals surface area contributed by atoms with Crippen LogP contribution in [0.1, 0.15) is 10.4 Å². The molecular formula is C12H10Br2. The Balaban J connectivity index is 2.65. The SMILES string of the molecule is BrC[C@H](Br)c1cccc2ccccc12. The molecule has 0 bridgehead atoms. The maximum atomic E-state index is 3.66. The van der Waals surface area contributed by atoms with Gasteiger partial charge < -0.3 is 0 Å². The van der Waals surface area contributed by atoms with Crippen LogP contribution in [0.3, 0.4) is 0 Å². The number of fused-ring (bicyclic) bond motifs is 1. The van der Waals surface area contributed by atoms with Crippen molar-refractivity contribution in [2.45, 2.75) is 4.83 Å². The van der Waals surface area contributed by atoms with E-state index >= 15 is 0 Å². The summed E-state index contributed by atoms with van der Waals surface area (Å²) in [7, 11) is 0. The Kier molecular flexibility index (Phi) is 3.24. The molecule has 2 aromatic rings. The summed E-state index contributed by atoms with van der Waals surface area (Å²) < 4.78 is 0. The Morgan fingerprint density at radius 2 is 1.71 bits per heavy atom. The van der Waals surface area contributed by atoms with E-state index < -0.39 is 0 Å². The van der Waals surface area contributed by atoms with Crippen LogP contribution in [0.25, 0.3) is 10.8 Å². The van der Waals surface area contributed by atoms with Gasteiger partial charge in [0.05, 0.1) is 0 Å². The Bertz CT molecular complexity index is 432. The number of benzene rings is 2. The lowest BCUT2D eigenvalue weighted by Crippen LogP contribution is -1.91. The van der Waals surface area contributed by atoms with E-state index in [1.165, 1.54) is 16.3 Å². The molecule has 0 fully saturated rings. The highest BCUT2D eigenvalue weighted by Crippen LogP contribution is 2.30. The summed E-state index contributed by atoms with van der Waals surface area (Å²) in [4.78, 5) is 0.383. The largest absolute Gasteiger partial charge is 0.0912 e. The molecular weight excluding hydrogens is 304 g/mol. The van der Waals surface area contributed by atoms with Gasteiger partial charge in [-0.15, -0.1) is 0 Å². The fourth-order valence-electron chi connectivity index (χ4n) is 1.61. The molecule has 0 aliphatic heterocycles. The van der Waals surface area contributed by atoms with Gasteiger partial charge in [-0.05, 0) is 16.3 Å². The predicted molar refractivity (Wildman–Crippen MR) is 69.4 cm³/mol. The Hall–Kier alpha value is -0.340. The lowest BCUT2D eigenvalue weighted by molar-refractivity contribution is 1.17. The van der Waals surface area contributed by atoms with Crippen LogP contribution in [-0.4, -0.2) is 5.33 Å². The van der Waals surface area contributed by atoms with E-state index in [9.17, 15) is 0 Å². The molecule has 0 nitrogen and oxygen atoms in total. The van der Waals surface area contributed by atoms with Crippen molar-refractivity contribution in [1.82, 2.24) is 0 Å². The van der Waals surface area contributed by atoms with Crippen molar-refractivity contribution in [3.63, 3.8) is 0 Å². The minimum absolute atomic E-state index is 0.383. The Morgan fingerprint density at radius 1 is 1.00 bits per heavy atom. The van der Waals surface area contributed by atoms with E-state index in [1.807, 2.05) is 0 Å². The predicted octanol–water partition coefficient (Wildman–Crippen LogP) is 4.67. The zero-order valence-corrected chi connectivity index (χ0v) is 10.8. The van der Waals surface area contributed by atoms with Crippen LogP contribution < -0.4 is 0 Å². The normalized spacial score (nSPS) is 13.0. The van der Waals surface area contributed by atoms with E-state index in [0.29, 0.717) is 4.83 Å². The van der Waals surface area contributed by atoms with Crippen LogP contribution in [0.5, 0.6) is 0 Å². The van der Waals surface area contributed by atoms with Crippen LogP contribution in [0.2, 0.25) is 0 Å². The van der Waals surface area contributed by atoms with Gasteiger partial charge in [0.15, 0.2) is 0 Å². The van der Waals surface area contributed by atoms with Crippen LogP contribution >= 0.6 is 31.9 Å². The molecule has 1 atom stereocenters. The first-order valence-electron chi connectivity index (χ1n) is 4.50. The zero-order chi connectivity index (χ0) is 9.97. The smallest absolute Gasteiger partial charge is 0.0498 e. The highest BCUT2D eigenvalue weighted by Gasteiger charge is 2.08. The number of hydrogen-bond acceptors (Lipinski definition) is 0. The summed E-state index contributed by atoms with van der Waals surface area (Å²) in [5.41, 5.74) is 1.35. The number of hydrogen-bond donors (Lipinski definition) is 0. The van der Waals surface area contributed by atoms with Gasteiger partial charge in [0, 0.05) is 10.2 Å². The van der Waals surface area contributed by atoms with E-state index in [2.05, 4.69) is 74.3 Å². The maximum absolute atomic E-state index is 3.66. The fourth-order valence-corrected chi connectivity index (χ4v) is 2.35. The first-order valence-corrected chi connectivity index (χ1v) is 6.54. The summed E-state index contributed by atoms with van der Waals surface area (Å²) >= 11 is 7.15. The van der Waals surface area contributed by atoms with Crippen molar-refractivity contribution >= 4 is 42.6 Å². The molecule has 0 amide bonds. The summed E-state index contributed by atoms with van der Waals surface area (Å²) in [6.07, 6.45) is 0. The quantitative estimate of drug-likeness (QED) is 0.707. The van der Waals surface area contributed by atoms with Crippen LogP contribution in [-0.2, 0) is 0 Å². The molecule has 2 heteroatoms. The zero-order valence-electron chi connectivity index (χ0n) is 7.58. The second-order valence-corrected chi connectivity index (χ2v) is 4.94.